The van der Waals surface area contributed by atoms with Crippen LogP contribution in [-0.2, 0) is 11.3 Å². The van der Waals surface area contributed by atoms with E-state index in [0.717, 1.165) is 32.6 Å². The normalized spacial score (nSPS) is 16.4. The van der Waals surface area contributed by atoms with Gasteiger partial charge in [0.05, 0.1) is 0 Å². The molecule has 104 valence electrons. The Bertz CT molecular complexity index is 459. The van der Waals surface area contributed by atoms with Crippen molar-refractivity contribution in [1.82, 2.24) is 4.90 Å². The van der Waals surface area contributed by atoms with Crippen LogP contribution >= 0.6 is 0 Å². The van der Waals surface area contributed by atoms with Gasteiger partial charge in [0.2, 0.25) is 5.91 Å². The molecule has 0 atom stereocenters. The van der Waals surface area contributed by atoms with Gasteiger partial charge in [0, 0.05) is 45.3 Å². The van der Waals surface area contributed by atoms with Crippen LogP contribution in [0.5, 0.6) is 0 Å². The van der Waals surface area contributed by atoms with E-state index in [2.05, 4.69) is 30.0 Å². The number of carbonyl (C=O) groups excluding carboxylic acids is 1. The maximum atomic E-state index is 11.5. The van der Waals surface area contributed by atoms with Crippen LogP contribution in [0.4, 0.5) is 5.69 Å². The number of anilines is 1. The summed E-state index contributed by atoms with van der Waals surface area (Å²) in [7, 11) is 0. The van der Waals surface area contributed by atoms with Crippen molar-refractivity contribution in [1.29, 1.82) is 0 Å². The highest BCUT2D eigenvalue weighted by Crippen LogP contribution is 2.23. The fraction of sp³-hybridized carbons (Fsp3) is 0.533. The van der Waals surface area contributed by atoms with E-state index in [1.165, 1.54) is 16.8 Å². The molecule has 1 fully saturated rings. The predicted molar refractivity (Wildman–Crippen MR) is 78.2 cm³/mol. The standard InChI is InChI=1S/C15H23N3O/c1-12-4-5-14(11-16)15(10-12)18-7-3-6-17(8-9-18)13(2)19/h4-5,10H,3,6-9,11,16H2,1-2H3. The third-order valence-corrected chi connectivity index (χ3v) is 3.74. The summed E-state index contributed by atoms with van der Waals surface area (Å²) in [6, 6.07) is 6.41. The van der Waals surface area contributed by atoms with Gasteiger partial charge in [-0.2, -0.15) is 0 Å². The quantitative estimate of drug-likeness (QED) is 0.878. The van der Waals surface area contributed by atoms with Crippen LogP contribution in [0, 0.1) is 6.92 Å². The SMILES string of the molecule is CC(=O)N1CCCN(c2cc(C)ccc2CN)CC1. The fourth-order valence-electron chi connectivity index (χ4n) is 2.61. The van der Waals surface area contributed by atoms with Crippen LogP contribution in [-0.4, -0.2) is 37.0 Å². The lowest BCUT2D eigenvalue weighted by Gasteiger charge is -2.26. The van der Waals surface area contributed by atoms with Crippen molar-refractivity contribution in [3.63, 3.8) is 0 Å². The molecule has 0 bridgehead atoms. The van der Waals surface area contributed by atoms with E-state index in [4.69, 9.17) is 5.73 Å². The second-order valence-corrected chi connectivity index (χ2v) is 5.18. The number of carbonyl (C=O) groups is 1. The van der Waals surface area contributed by atoms with Crippen molar-refractivity contribution in [2.45, 2.75) is 26.8 Å². The first-order valence-corrected chi connectivity index (χ1v) is 6.92. The Morgan fingerprint density at radius 1 is 1.26 bits per heavy atom. The van der Waals surface area contributed by atoms with E-state index in [1.807, 2.05) is 4.90 Å². The van der Waals surface area contributed by atoms with Crippen LogP contribution in [0.15, 0.2) is 18.2 Å². The van der Waals surface area contributed by atoms with Gasteiger partial charge in [0.25, 0.3) is 0 Å². The first-order valence-electron chi connectivity index (χ1n) is 6.92. The summed E-state index contributed by atoms with van der Waals surface area (Å²) >= 11 is 0. The number of benzene rings is 1. The summed E-state index contributed by atoms with van der Waals surface area (Å²) in [4.78, 5) is 15.7. The van der Waals surface area contributed by atoms with Gasteiger partial charge in [-0.3, -0.25) is 4.79 Å². The molecule has 0 saturated carbocycles. The Morgan fingerprint density at radius 2 is 2.05 bits per heavy atom. The zero-order chi connectivity index (χ0) is 13.8. The Balaban J connectivity index is 2.18. The van der Waals surface area contributed by atoms with Crippen LogP contribution in [0.25, 0.3) is 0 Å². The Morgan fingerprint density at radius 3 is 2.74 bits per heavy atom. The zero-order valence-electron chi connectivity index (χ0n) is 11.9. The molecular weight excluding hydrogens is 238 g/mol. The summed E-state index contributed by atoms with van der Waals surface area (Å²) in [6.45, 7) is 7.83. The molecule has 1 amide bonds. The highest BCUT2D eigenvalue weighted by Gasteiger charge is 2.18. The van der Waals surface area contributed by atoms with Crippen LogP contribution < -0.4 is 10.6 Å². The molecule has 0 radical (unpaired) electrons. The Labute approximate surface area is 115 Å². The second kappa shape index (κ2) is 6.06. The molecule has 0 aliphatic carbocycles. The molecular formula is C15H23N3O. The van der Waals surface area contributed by atoms with E-state index < -0.39 is 0 Å². The van der Waals surface area contributed by atoms with Gasteiger partial charge in [-0.1, -0.05) is 12.1 Å². The Kier molecular flexibility index (Phi) is 4.43. The molecule has 19 heavy (non-hydrogen) atoms. The summed E-state index contributed by atoms with van der Waals surface area (Å²) in [5.74, 6) is 0.171. The van der Waals surface area contributed by atoms with E-state index in [1.54, 1.807) is 6.92 Å². The number of amides is 1. The number of aryl methyl sites for hydroxylation is 1. The molecule has 1 aliphatic rings. The van der Waals surface area contributed by atoms with Crippen LogP contribution in [0.1, 0.15) is 24.5 Å². The van der Waals surface area contributed by atoms with E-state index >= 15 is 0 Å². The van der Waals surface area contributed by atoms with Crippen molar-refractivity contribution in [2.75, 3.05) is 31.1 Å². The molecule has 0 spiro atoms. The zero-order valence-corrected chi connectivity index (χ0v) is 11.9. The van der Waals surface area contributed by atoms with Crippen molar-refractivity contribution in [3.8, 4) is 0 Å². The molecule has 0 aromatic heterocycles. The third kappa shape index (κ3) is 3.26. The highest BCUT2D eigenvalue weighted by atomic mass is 16.2. The third-order valence-electron chi connectivity index (χ3n) is 3.74. The first kappa shape index (κ1) is 13.9. The summed E-state index contributed by atoms with van der Waals surface area (Å²) in [6.07, 6.45) is 1.01. The summed E-state index contributed by atoms with van der Waals surface area (Å²) < 4.78 is 0. The molecule has 4 heteroatoms. The highest BCUT2D eigenvalue weighted by molar-refractivity contribution is 5.73. The number of hydrogen-bond donors (Lipinski definition) is 1. The van der Waals surface area contributed by atoms with Gasteiger partial charge >= 0.3 is 0 Å². The van der Waals surface area contributed by atoms with Gasteiger partial charge in [-0.15, -0.1) is 0 Å². The van der Waals surface area contributed by atoms with E-state index in [-0.39, 0.29) is 5.91 Å². The molecule has 1 aliphatic heterocycles. The minimum absolute atomic E-state index is 0.171. The molecule has 1 saturated heterocycles. The maximum absolute atomic E-state index is 11.5. The maximum Gasteiger partial charge on any atom is 0.219 e. The van der Waals surface area contributed by atoms with Crippen molar-refractivity contribution in [2.24, 2.45) is 5.73 Å². The first-order chi connectivity index (χ1) is 9.11. The lowest BCUT2D eigenvalue weighted by Crippen LogP contribution is -2.34. The van der Waals surface area contributed by atoms with E-state index in [9.17, 15) is 4.79 Å². The number of nitrogens with zero attached hydrogens (tertiary/aromatic N) is 2. The van der Waals surface area contributed by atoms with Crippen molar-refractivity contribution in [3.05, 3.63) is 29.3 Å². The molecule has 4 nitrogen and oxygen atoms in total. The molecule has 0 unspecified atom stereocenters. The largest absolute Gasteiger partial charge is 0.369 e. The number of hydrogen-bond acceptors (Lipinski definition) is 3. The van der Waals surface area contributed by atoms with E-state index in [0.29, 0.717) is 6.54 Å². The fourth-order valence-corrected chi connectivity index (χ4v) is 2.61. The van der Waals surface area contributed by atoms with Crippen molar-refractivity contribution < 1.29 is 4.79 Å². The smallest absolute Gasteiger partial charge is 0.219 e. The van der Waals surface area contributed by atoms with Gasteiger partial charge < -0.3 is 15.5 Å². The predicted octanol–water partition coefficient (Wildman–Crippen LogP) is 1.51. The molecule has 2 N–H and O–H groups in total. The lowest BCUT2D eigenvalue weighted by molar-refractivity contribution is -0.128. The molecule has 1 aromatic rings. The average molecular weight is 261 g/mol. The number of rotatable bonds is 2. The van der Waals surface area contributed by atoms with Gasteiger partial charge in [-0.25, -0.2) is 0 Å². The number of nitrogens with two attached hydrogens (primary N) is 1. The molecule has 1 aromatic carbocycles. The second-order valence-electron chi connectivity index (χ2n) is 5.18. The minimum atomic E-state index is 0.171. The average Bonchev–Trinajstić information content (AvgIpc) is 2.64. The van der Waals surface area contributed by atoms with Gasteiger partial charge in [0.15, 0.2) is 0 Å². The topological polar surface area (TPSA) is 49.6 Å². The molecule has 1 heterocycles. The van der Waals surface area contributed by atoms with Crippen LogP contribution in [0.2, 0.25) is 0 Å². The summed E-state index contributed by atoms with van der Waals surface area (Å²) in [5.41, 5.74) is 9.49. The minimum Gasteiger partial charge on any atom is -0.369 e. The van der Waals surface area contributed by atoms with Gasteiger partial charge in [0.1, 0.15) is 0 Å². The van der Waals surface area contributed by atoms with Crippen molar-refractivity contribution >= 4 is 11.6 Å². The Hall–Kier alpha value is -1.55. The van der Waals surface area contributed by atoms with Crippen LogP contribution in [0.3, 0.4) is 0 Å². The monoisotopic (exact) mass is 261 g/mol. The van der Waals surface area contributed by atoms with Gasteiger partial charge in [-0.05, 0) is 30.5 Å². The lowest BCUT2D eigenvalue weighted by atomic mass is 10.1. The summed E-state index contributed by atoms with van der Waals surface area (Å²) in [5, 5.41) is 0. The molecule has 2 rings (SSSR count).